The molecule has 40 heavy (non-hydrogen) atoms. The molecule has 0 heterocycles. The highest BCUT2D eigenvalue weighted by atomic mass is 32.3. The van der Waals surface area contributed by atoms with Crippen molar-refractivity contribution in [2.24, 2.45) is 10.2 Å². The van der Waals surface area contributed by atoms with Gasteiger partial charge in [0.15, 0.2) is 15.6 Å². The van der Waals surface area contributed by atoms with Crippen LogP contribution in [0.15, 0.2) is 61.3 Å². The number of azo groups is 1. The lowest BCUT2D eigenvalue weighted by Gasteiger charge is -2.12. The Kier molecular flexibility index (Phi) is 8.44. The number of benzene rings is 3. The summed E-state index contributed by atoms with van der Waals surface area (Å²) >= 11 is 0. The van der Waals surface area contributed by atoms with Crippen molar-refractivity contribution >= 4 is 68.3 Å². The molecule has 0 saturated carbocycles. The van der Waals surface area contributed by atoms with Crippen LogP contribution in [0.3, 0.4) is 0 Å². The van der Waals surface area contributed by atoms with Gasteiger partial charge in [0.1, 0.15) is 22.0 Å². The van der Waals surface area contributed by atoms with Gasteiger partial charge in [0.25, 0.3) is 20.2 Å². The third-order valence-electron chi connectivity index (χ3n) is 5.08. The number of hydrogen-bond acceptors (Lipinski definition) is 14. The summed E-state index contributed by atoms with van der Waals surface area (Å²) < 4.78 is 130. The number of methoxy groups -OCH3 is 1. The largest absolute Gasteiger partial charge is 0.505 e. The maximum Gasteiger partial charge on any atom is 0.397 e. The van der Waals surface area contributed by atoms with Gasteiger partial charge in [-0.15, -0.1) is 10.2 Å². The minimum Gasteiger partial charge on any atom is -0.505 e. The average molecular weight is 642 g/mol. The van der Waals surface area contributed by atoms with E-state index in [-0.39, 0.29) is 22.2 Å². The molecule has 0 amide bonds. The highest BCUT2D eigenvalue weighted by Crippen LogP contribution is 2.45. The monoisotopic (exact) mass is 641 g/mol. The zero-order valence-corrected chi connectivity index (χ0v) is 23.1. The van der Waals surface area contributed by atoms with Crippen LogP contribution < -0.4 is 10.5 Å². The Morgan fingerprint density at radius 2 is 1.50 bits per heavy atom. The quantitative estimate of drug-likeness (QED) is 0.119. The van der Waals surface area contributed by atoms with E-state index >= 15 is 0 Å². The lowest BCUT2D eigenvalue weighted by atomic mass is 10.1. The number of phenolic OH excluding ortho intramolecular Hbond substituents is 1. The van der Waals surface area contributed by atoms with E-state index in [1.54, 1.807) is 0 Å². The normalized spacial score (nSPS) is 13.2. The Bertz CT molecular complexity index is 1970. The van der Waals surface area contributed by atoms with Crippen LogP contribution in [0.4, 0.5) is 17.1 Å². The van der Waals surface area contributed by atoms with Crippen LogP contribution >= 0.6 is 0 Å². The number of aromatic hydroxyl groups is 1. The Morgan fingerprint density at radius 3 is 2.05 bits per heavy atom. The summed E-state index contributed by atoms with van der Waals surface area (Å²) in [5.41, 5.74) is 4.15. The Hall–Kier alpha value is -3.44. The van der Waals surface area contributed by atoms with E-state index in [1.807, 2.05) is 0 Å². The van der Waals surface area contributed by atoms with Crippen molar-refractivity contribution in [3.05, 3.63) is 36.4 Å². The molecule has 3 rings (SSSR count). The van der Waals surface area contributed by atoms with E-state index in [4.69, 9.17) is 15.0 Å². The van der Waals surface area contributed by atoms with E-state index in [0.717, 1.165) is 30.3 Å². The fourth-order valence-corrected chi connectivity index (χ4v) is 6.06. The second-order valence-corrected chi connectivity index (χ2v) is 13.7. The van der Waals surface area contributed by atoms with Gasteiger partial charge < -0.3 is 15.6 Å². The number of ether oxygens (including phenoxy) is 1. The molecule has 21 heteroatoms. The van der Waals surface area contributed by atoms with E-state index in [9.17, 15) is 47.9 Å². The van der Waals surface area contributed by atoms with Gasteiger partial charge in [0.2, 0.25) is 0 Å². The second kappa shape index (κ2) is 10.9. The maximum absolute atomic E-state index is 12.6. The van der Waals surface area contributed by atoms with Gasteiger partial charge in [-0.3, -0.25) is 13.7 Å². The fourth-order valence-electron chi connectivity index (χ4n) is 3.35. The molecular formula is C19H19N3O14S4. The van der Waals surface area contributed by atoms with Crippen LogP contribution in [0.5, 0.6) is 11.5 Å². The predicted molar refractivity (Wildman–Crippen MR) is 136 cm³/mol. The topological polar surface area (TPSA) is 287 Å². The summed E-state index contributed by atoms with van der Waals surface area (Å²) in [6.07, 6.45) is 0. The number of anilines is 1. The summed E-state index contributed by atoms with van der Waals surface area (Å²) in [5.74, 6) is -1.96. The number of nitrogen functional groups attached to an aromatic ring is 1. The Balaban J connectivity index is 2.19. The van der Waals surface area contributed by atoms with Gasteiger partial charge in [0.05, 0.1) is 29.3 Å². The van der Waals surface area contributed by atoms with Crippen LogP contribution in [-0.4, -0.2) is 71.9 Å². The van der Waals surface area contributed by atoms with Crippen molar-refractivity contribution in [2.75, 3.05) is 25.2 Å². The number of sulfone groups is 1. The summed E-state index contributed by atoms with van der Waals surface area (Å²) in [5, 5.41) is 17.5. The summed E-state index contributed by atoms with van der Waals surface area (Å²) in [6, 6.07) is 5.35. The first-order chi connectivity index (χ1) is 18.2. The zero-order chi connectivity index (χ0) is 30.3. The number of nitrogens with zero attached hydrogens (tertiary/aromatic N) is 2. The Morgan fingerprint density at radius 1 is 0.850 bits per heavy atom. The van der Waals surface area contributed by atoms with Crippen molar-refractivity contribution in [1.29, 1.82) is 0 Å². The predicted octanol–water partition coefficient (Wildman–Crippen LogP) is 1.64. The average Bonchev–Trinajstić information content (AvgIpc) is 2.80. The molecule has 0 spiro atoms. The van der Waals surface area contributed by atoms with Crippen LogP contribution in [0.2, 0.25) is 0 Å². The van der Waals surface area contributed by atoms with E-state index < -0.39 is 84.6 Å². The molecule has 6 N–H and O–H groups in total. The van der Waals surface area contributed by atoms with Crippen molar-refractivity contribution in [1.82, 2.24) is 0 Å². The minimum atomic E-state index is -5.16. The van der Waals surface area contributed by atoms with E-state index in [1.165, 1.54) is 7.11 Å². The van der Waals surface area contributed by atoms with Gasteiger partial charge in [-0.25, -0.2) is 12.6 Å². The number of hydrogen-bond donors (Lipinski definition) is 5. The second-order valence-electron chi connectivity index (χ2n) is 7.73. The van der Waals surface area contributed by atoms with Gasteiger partial charge in [-0.1, -0.05) is 0 Å². The van der Waals surface area contributed by atoms with Crippen LogP contribution in [0.25, 0.3) is 10.8 Å². The first kappa shape index (κ1) is 31.1. The molecule has 0 fully saturated rings. The molecule has 3 aromatic rings. The van der Waals surface area contributed by atoms with Crippen molar-refractivity contribution in [3.63, 3.8) is 0 Å². The molecule has 3 aromatic carbocycles. The summed E-state index contributed by atoms with van der Waals surface area (Å²) in [4.78, 5) is -2.24. The maximum atomic E-state index is 12.6. The number of rotatable bonds is 10. The first-order valence-corrected chi connectivity index (χ1v) is 16.1. The smallest absolute Gasteiger partial charge is 0.397 e. The molecule has 0 aliphatic rings. The molecule has 0 atom stereocenters. The fraction of sp³-hybridized carbons (Fsp3) is 0.158. The number of fused-ring (bicyclic) bond motifs is 1. The minimum absolute atomic E-state index is 0.0946. The first-order valence-electron chi connectivity index (χ1n) is 10.2. The highest BCUT2D eigenvalue weighted by Gasteiger charge is 2.25. The Labute approximate surface area is 227 Å². The van der Waals surface area contributed by atoms with Crippen molar-refractivity contribution in [2.45, 2.75) is 14.7 Å². The molecule has 0 saturated heterocycles. The summed E-state index contributed by atoms with van der Waals surface area (Å²) in [7, 11) is -17.9. The SMILES string of the molecule is COc1ccc(S(=O)(=O)CCOS(=O)(=O)O)cc1N=Nc1c(S(=O)(=O)O)cc2cc(S(=O)(=O)O)cc(N)c2c1O. The third-order valence-corrected chi connectivity index (χ3v) is 8.92. The molecule has 0 aliphatic carbocycles. The van der Waals surface area contributed by atoms with Gasteiger partial charge in [-0.2, -0.15) is 25.3 Å². The zero-order valence-electron chi connectivity index (χ0n) is 19.9. The lowest BCUT2D eigenvalue weighted by molar-refractivity contribution is 0.284. The highest BCUT2D eigenvalue weighted by molar-refractivity contribution is 7.91. The molecule has 0 aromatic heterocycles. The molecular weight excluding hydrogens is 622 g/mol. The lowest BCUT2D eigenvalue weighted by Crippen LogP contribution is -2.15. The van der Waals surface area contributed by atoms with Gasteiger partial charge in [-0.05, 0) is 41.8 Å². The molecule has 0 radical (unpaired) electrons. The number of phenols is 1. The third kappa shape index (κ3) is 7.00. The molecule has 0 aliphatic heterocycles. The van der Waals surface area contributed by atoms with Crippen LogP contribution in [0, 0.1) is 0 Å². The van der Waals surface area contributed by atoms with Crippen molar-refractivity contribution in [3.8, 4) is 11.5 Å². The van der Waals surface area contributed by atoms with Gasteiger partial charge >= 0.3 is 10.4 Å². The van der Waals surface area contributed by atoms with Crippen LogP contribution in [0.1, 0.15) is 0 Å². The van der Waals surface area contributed by atoms with Gasteiger partial charge in [0, 0.05) is 11.1 Å². The molecule has 218 valence electrons. The van der Waals surface area contributed by atoms with E-state index in [0.29, 0.717) is 6.07 Å². The standard InChI is InChI=1S/C19H19N3O14S4/c1-35-15-3-2-11(37(24,25)5-4-36-40(32,33)34)9-14(15)21-22-18-16(39(29,30)31)7-10-6-12(38(26,27)28)8-13(20)17(10)19(18)23/h2-3,6-9,23H,4-5,20H2,1H3,(H,26,27,28)(H,29,30,31)(H,32,33,34). The number of nitrogens with two attached hydrogens (primary N) is 1. The van der Waals surface area contributed by atoms with Crippen LogP contribution in [-0.2, 0) is 44.7 Å². The molecule has 0 unspecified atom stereocenters. The van der Waals surface area contributed by atoms with E-state index in [2.05, 4.69) is 14.4 Å². The summed E-state index contributed by atoms with van der Waals surface area (Å²) in [6.45, 7) is -0.923. The molecule has 0 bridgehead atoms. The molecule has 17 nitrogen and oxygen atoms in total. The van der Waals surface area contributed by atoms with Crippen molar-refractivity contribution < 1.29 is 61.4 Å².